The van der Waals surface area contributed by atoms with Gasteiger partial charge in [0.15, 0.2) is 0 Å². The third kappa shape index (κ3) is 4.86. The molecule has 1 saturated heterocycles. The molecule has 0 aliphatic carbocycles. The van der Waals surface area contributed by atoms with Crippen molar-refractivity contribution in [2.75, 3.05) is 32.8 Å². The molecule has 0 saturated carbocycles. The second kappa shape index (κ2) is 7.09. The fourth-order valence-electron chi connectivity index (χ4n) is 1.62. The quantitative estimate of drug-likeness (QED) is 0.528. The van der Waals surface area contributed by atoms with Crippen LogP contribution in [-0.4, -0.2) is 48.9 Å². The van der Waals surface area contributed by atoms with Crippen molar-refractivity contribution in [2.45, 2.75) is 24.5 Å². The molecule has 1 aliphatic rings. The molecule has 88 valence electrons. The van der Waals surface area contributed by atoms with E-state index >= 15 is 0 Å². The van der Waals surface area contributed by atoms with Crippen LogP contribution < -0.4 is 5.73 Å². The second-order valence-electron chi connectivity index (χ2n) is 3.76. The van der Waals surface area contributed by atoms with Crippen LogP contribution >= 0.6 is 12.6 Å². The van der Waals surface area contributed by atoms with Crippen LogP contribution in [0.3, 0.4) is 0 Å². The van der Waals surface area contributed by atoms with E-state index in [0.717, 1.165) is 25.9 Å². The molecule has 1 aliphatic heterocycles. The minimum absolute atomic E-state index is 0.187. The number of nitrogens with two attached hydrogens (primary N) is 1. The van der Waals surface area contributed by atoms with Gasteiger partial charge in [0, 0.05) is 24.9 Å². The molecule has 0 spiro atoms. The highest BCUT2D eigenvalue weighted by atomic mass is 32.1. The Labute approximate surface area is 96.5 Å². The van der Waals surface area contributed by atoms with Crippen molar-refractivity contribution < 1.29 is 9.53 Å². The van der Waals surface area contributed by atoms with Gasteiger partial charge in [-0.1, -0.05) is 0 Å². The van der Waals surface area contributed by atoms with Gasteiger partial charge in [-0.25, -0.2) is 0 Å². The topological polar surface area (TPSA) is 55.6 Å². The molecule has 0 atom stereocenters. The Hall–Kier alpha value is -0.260. The first-order chi connectivity index (χ1) is 7.24. The number of ether oxygens (including phenoxy) is 1. The zero-order chi connectivity index (χ0) is 11.1. The Kier molecular flexibility index (Phi) is 6.05. The molecule has 0 aromatic carbocycles. The molecule has 1 rings (SSSR count). The van der Waals surface area contributed by atoms with Gasteiger partial charge in [0.25, 0.3) is 0 Å². The lowest BCUT2D eigenvalue weighted by Gasteiger charge is -2.29. The summed E-state index contributed by atoms with van der Waals surface area (Å²) in [7, 11) is 0. The highest BCUT2D eigenvalue weighted by molar-refractivity contribution is 7.80. The van der Waals surface area contributed by atoms with E-state index in [9.17, 15) is 4.79 Å². The molecule has 1 fully saturated rings. The number of rotatable bonds is 5. The second-order valence-corrected chi connectivity index (χ2v) is 4.49. The predicted octanol–water partition coefficient (Wildman–Crippen LogP) is 0.273. The third-order valence-corrected chi connectivity index (χ3v) is 3.06. The van der Waals surface area contributed by atoms with Crippen molar-refractivity contribution in [1.82, 2.24) is 4.90 Å². The van der Waals surface area contributed by atoms with Crippen LogP contribution in [0.15, 0.2) is 0 Å². The number of carbonyl (C=O) groups excluding carboxylic acids is 1. The number of hydrogen-bond acceptors (Lipinski definition) is 4. The van der Waals surface area contributed by atoms with E-state index in [4.69, 9.17) is 10.5 Å². The fourth-order valence-corrected chi connectivity index (χ4v) is 1.85. The van der Waals surface area contributed by atoms with Crippen molar-refractivity contribution in [1.29, 1.82) is 0 Å². The Bertz CT molecular complexity index is 194. The van der Waals surface area contributed by atoms with Gasteiger partial charge in [0.2, 0.25) is 5.91 Å². The van der Waals surface area contributed by atoms with E-state index in [-0.39, 0.29) is 5.91 Å². The summed E-state index contributed by atoms with van der Waals surface area (Å²) in [6.45, 7) is 3.20. The first-order valence-electron chi connectivity index (χ1n) is 5.47. The normalized spacial score (nSPS) is 18.1. The smallest absolute Gasteiger partial charge is 0.224 e. The lowest BCUT2D eigenvalue weighted by atomic mass is 10.1. The summed E-state index contributed by atoms with van der Waals surface area (Å²) in [5, 5.41) is 0.461. The molecular formula is C10H20N2O2S. The summed E-state index contributed by atoms with van der Waals surface area (Å²) in [5.41, 5.74) is 5.27. The number of likely N-dealkylation sites (tertiary alicyclic amines) is 1. The fraction of sp³-hybridized carbons (Fsp3) is 0.900. The predicted molar refractivity (Wildman–Crippen MR) is 63.1 cm³/mol. The van der Waals surface area contributed by atoms with Crippen LogP contribution in [0, 0.1) is 0 Å². The van der Waals surface area contributed by atoms with Gasteiger partial charge in [-0.15, -0.1) is 0 Å². The maximum atomic E-state index is 11.7. The zero-order valence-corrected chi connectivity index (χ0v) is 9.92. The molecule has 2 N–H and O–H groups in total. The molecule has 0 aromatic heterocycles. The SMILES string of the molecule is NCCOCCC(=O)N1CCC(S)CC1. The number of thiol groups is 1. The summed E-state index contributed by atoms with van der Waals surface area (Å²) in [6.07, 6.45) is 2.47. The molecule has 4 nitrogen and oxygen atoms in total. The van der Waals surface area contributed by atoms with Crippen LogP contribution in [0.25, 0.3) is 0 Å². The van der Waals surface area contributed by atoms with Crippen molar-refractivity contribution in [2.24, 2.45) is 5.73 Å². The summed E-state index contributed by atoms with van der Waals surface area (Å²) in [5.74, 6) is 0.187. The average Bonchev–Trinajstić information content (AvgIpc) is 2.25. The Morgan fingerprint density at radius 1 is 1.40 bits per heavy atom. The number of carbonyl (C=O) groups is 1. The highest BCUT2D eigenvalue weighted by Gasteiger charge is 2.19. The van der Waals surface area contributed by atoms with Crippen molar-refractivity contribution in [3.63, 3.8) is 0 Å². The summed E-state index contributed by atoms with van der Waals surface area (Å²) in [6, 6.07) is 0. The van der Waals surface area contributed by atoms with E-state index in [0.29, 0.717) is 31.4 Å². The largest absolute Gasteiger partial charge is 0.380 e. The lowest BCUT2D eigenvalue weighted by molar-refractivity contribution is -0.133. The van der Waals surface area contributed by atoms with Gasteiger partial charge in [-0.05, 0) is 12.8 Å². The van der Waals surface area contributed by atoms with Crippen LogP contribution in [-0.2, 0) is 9.53 Å². The molecule has 15 heavy (non-hydrogen) atoms. The van der Waals surface area contributed by atoms with E-state index in [1.165, 1.54) is 0 Å². The minimum Gasteiger partial charge on any atom is -0.380 e. The van der Waals surface area contributed by atoms with E-state index in [1.807, 2.05) is 4.90 Å². The van der Waals surface area contributed by atoms with Crippen LogP contribution in [0.1, 0.15) is 19.3 Å². The minimum atomic E-state index is 0.187. The maximum absolute atomic E-state index is 11.7. The van der Waals surface area contributed by atoms with Crippen LogP contribution in [0.4, 0.5) is 0 Å². The molecule has 1 heterocycles. The summed E-state index contributed by atoms with van der Waals surface area (Å²) >= 11 is 4.39. The lowest BCUT2D eigenvalue weighted by Crippen LogP contribution is -2.39. The van der Waals surface area contributed by atoms with Crippen LogP contribution in [0.2, 0.25) is 0 Å². The monoisotopic (exact) mass is 232 g/mol. The van der Waals surface area contributed by atoms with Gasteiger partial charge in [-0.2, -0.15) is 12.6 Å². The van der Waals surface area contributed by atoms with Gasteiger partial charge < -0.3 is 15.4 Å². The first kappa shape index (κ1) is 12.8. The summed E-state index contributed by atoms with van der Waals surface area (Å²) in [4.78, 5) is 13.6. The van der Waals surface area contributed by atoms with Crippen LogP contribution in [0.5, 0.6) is 0 Å². The van der Waals surface area contributed by atoms with Crippen molar-refractivity contribution in [3.8, 4) is 0 Å². The summed E-state index contributed by atoms with van der Waals surface area (Å²) < 4.78 is 5.18. The van der Waals surface area contributed by atoms with Gasteiger partial charge in [-0.3, -0.25) is 4.79 Å². The van der Waals surface area contributed by atoms with E-state index < -0.39 is 0 Å². The molecule has 1 amide bonds. The molecule has 5 heteroatoms. The average molecular weight is 232 g/mol. The van der Waals surface area contributed by atoms with E-state index in [2.05, 4.69) is 12.6 Å². The van der Waals surface area contributed by atoms with Gasteiger partial charge >= 0.3 is 0 Å². The molecule has 0 bridgehead atoms. The molecule has 0 aromatic rings. The highest BCUT2D eigenvalue weighted by Crippen LogP contribution is 2.15. The first-order valence-corrected chi connectivity index (χ1v) is 5.99. The molecular weight excluding hydrogens is 212 g/mol. The number of piperidine rings is 1. The zero-order valence-electron chi connectivity index (χ0n) is 9.02. The number of nitrogens with zero attached hydrogens (tertiary/aromatic N) is 1. The van der Waals surface area contributed by atoms with Crippen molar-refractivity contribution >= 4 is 18.5 Å². The van der Waals surface area contributed by atoms with Crippen molar-refractivity contribution in [3.05, 3.63) is 0 Å². The third-order valence-electron chi connectivity index (χ3n) is 2.54. The Balaban J connectivity index is 2.11. The Morgan fingerprint density at radius 2 is 2.07 bits per heavy atom. The molecule has 0 unspecified atom stereocenters. The standard InChI is InChI=1S/C10H20N2O2S/c11-4-8-14-7-3-10(13)12-5-1-9(15)2-6-12/h9,15H,1-8,11H2. The number of amides is 1. The maximum Gasteiger partial charge on any atom is 0.224 e. The van der Waals surface area contributed by atoms with Gasteiger partial charge in [0.1, 0.15) is 0 Å². The van der Waals surface area contributed by atoms with Gasteiger partial charge in [0.05, 0.1) is 19.6 Å². The van der Waals surface area contributed by atoms with E-state index in [1.54, 1.807) is 0 Å². The number of hydrogen-bond donors (Lipinski definition) is 2. The molecule has 0 radical (unpaired) electrons. The Morgan fingerprint density at radius 3 is 2.67 bits per heavy atom.